The van der Waals surface area contributed by atoms with E-state index in [-0.39, 0.29) is 11.3 Å². The number of hydrogen-bond donors (Lipinski definition) is 2. The van der Waals surface area contributed by atoms with Crippen LogP contribution >= 0.6 is 0 Å². The zero-order chi connectivity index (χ0) is 16.1. The van der Waals surface area contributed by atoms with E-state index in [1.165, 1.54) is 18.4 Å². The third-order valence-corrected chi connectivity index (χ3v) is 4.92. The Hall–Kier alpha value is -2.29. The molecule has 3 nitrogen and oxygen atoms in total. The van der Waals surface area contributed by atoms with E-state index < -0.39 is 0 Å². The van der Waals surface area contributed by atoms with Gasteiger partial charge >= 0.3 is 0 Å². The van der Waals surface area contributed by atoms with E-state index in [9.17, 15) is 4.79 Å². The van der Waals surface area contributed by atoms with Gasteiger partial charge in [-0.15, -0.1) is 0 Å². The monoisotopic (exact) mass is 308 g/mol. The highest BCUT2D eigenvalue weighted by Gasteiger charge is 2.35. The lowest BCUT2D eigenvalue weighted by Crippen LogP contribution is -2.39. The maximum Gasteiger partial charge on any atom is 0.224 e. The van der Waals surface area contributed by atoms with Gasteiger partial charge in [0.25, 0.3) is 0 Å². The predicted octanol–water partition coefficient (Wildman–Crippen LogP) is 3.44. The normalized spacial score (nSPS) is 16.2. The molecule has 0 aliphatic heterocycles. The van der Waals surface area contributed by atoms with Crippen molar-refractivity contribution in [1.29, 1.82) is 0 Å². The molecule has 3 rings (SSSR count). The lowest BCUT2D eigenvalue weighted by molar-refractivity contribution is -0.120. The van der Waals surface area contributed by atoms with Crippen LogP contribution in [0.15, 0.2) is 54.6 Å². The van der Waals surface area contributed by atoms with Crippen molar-refractivity contribution >= 4 is 11.6 Å². The van der Waals surface area contributed by atoms with Gasteiger partial charge in [0.05, 0.1) is 6.42 Å². The van der Waals surface area contributed by atoms with Gasteiger partial charge in [-0.05, 0) is 36.1 Å². The Balaban J connectivity index is 1.63. The fourth-order valence-corrected chi connectivity index (χ4v) is 3.56. The van der Waals surface area contributed by atoms with Gasteiger partial charge in [-0.3, -0.25) is 4.79 Å². The first-order valence-corrected chi connectivity index (χ1v) is 8.35. The Morgan fingerprint density at radius 3 is 2.30 bits per heavy atom. The van der Waals surface area contributed by atoms with Crippen LogP contribution in [-0.4, -0.2) is 12.5 Å². The Bertz CT molecular complexity index is 643. The highest BCUT2D eigenvalue weighted by Crippen LogP contribution is 2.40. The second kappa shape index (κ2) is 6.86. The molecular weight excluding hydrogens is 284 g/mol. The van der Waals surface area contributed by atoms with E-state index >= 15 is 0 Å². The number of nitrogens with one attached hydrogen (secondary N) is 1. The molecule has 0 bridgehead atoms. The number of benzene rings is 2. The van der Waals surface area contributed by atoms with Crippen molar-refractivity contribution in [2.45, 2.75) is 37.5 Å². The molecule has 0 heterocycles. The molecular formula is C20H24N2O. The number of hydrogen-bond acceptors (Lipinski definition) is 2. The SMILES string of the molecule is Nc1ccc(CC(=O)NCC2(c3ccccc3)CCCC2)cc1. The highest BCUT2D eigenvalue weighted by molar-refractivity contribution is 5.78. The van der Waals surface area contributed by atoms with E-state index in [2.05, 4.69) is 29.6 Å². The van der Waals surface area contributed by atoms with Gasteiger partial charge in [0.2, 0.25) is 5.91 Å². The molecule has 2 aromatic carbocycles. The molecule has 1 aliphatic carbocycles. The molecule has 1 fully saturated rings. The third-order valence-electron chi connectivity index (χ3n) is 4.92. The van der Waals surface area contributed by atoms with E-state index in [4.69, 9.17) is 5.73 Å². The minimum atomic E-state index is 0.0805. The van der Waals surface area contributed by atoms with Crippen LogP contribution < -0.4 is 11.1 Å². The first-order valence-electron chi connectivity index (χ1n) is 8.35. The van der Waals surface area contributed by atoms with Crippen molar-refractivity contribution in [2.75, 3.05) is 12.3 Å². The smallest absolute Gasteiger partial charge is 0.224 e. The van der Waals surface area contributed by atoms with Crippen LogP contribution in [0.5, 0.6) is 0 Å². The molecule has 1 aliphatic rings. The second-order valence-corrected chi connectivity index (χ2v) is 6.55. The molecule has 0 unspecified atom stereocenters. The largest absolute Gasteiger partial charge is 0.399 e. The topological polar surface area (TPSA) is 55.1 Å². The van der Waals surface area contributed by atoms with Crippen LogP contribution in [0.4, 0.5) is 5.69 Å². The maximum atomic E-state index is 12.3. The third kappa shape index (κ3) is 3.73. The lowest BCUT2D eigenvalue weighted by Gasteiger charge is -2.30. The van der Waals surface area contributed by atoms with Crippen LogP contribution in [0.3, 0.4) is 0 Å². The molecule has 120 valence electrons. The quantitative estimate of drug-likeness (QED) is 0.831. The van der Waals surface area contributed by atoms with Gasteiger partial charge in [-0.1, -0.05) is 55.3 Å². The second-order valence-electron chi connectivity index (χ2n) is 6.55. The summed E-state index contributed by atoms with van der Waals surface area (Å²) < 4.78 is 0. The Morgan fingerprint density at radius 1 is 1.00 bits per heavy atom. The van der Waals surface area contributed by atoms with Gasteiger partial charge in [-0.25, -0.2) is 0 Å². The minimum Gasteiger partial charge on any atom is -0.399 e. The summed E-state index contributed by atoms with van der Waals surface area (Å²) >= 11 is 0. The molecule has 23 heavy (non-hydrogen) atoms. The summed E-state index contributed by atoms with van der Waals surface area (Å²) in [7, 11) is 0. The average Bonchev–Trinajstić information content (AvgIpc) is 3.06. The standard InChI is InChI=1S/C20H24N2O/c21-18-10-8-16(9-11-18)14-19(23)22-15-20(12-4-5-13-20)17-6-2-1-3-7-17/h1-3,6-11H,4-5,12-15,21H2,(H,22,23). The van der Waals surface area contributed by atoms with Crippen LogP contribution in [0.2, 0.25) is 0 Å². The highest BCUT2D eigenvalue weighted by atomic mass is 16.1. The summed E-state index contributed by atoms with van der Waals surface area (Å²) in [6, 6.07) is 18.1. The number of amides is 1. The van der Waals surface area contributed by atoms with Crippen molar-refractivity contribution in [2.24, 2.45) is 0 Å². The van der Waals surface area contributed by atoms with Crippen molar-refractivity contribution in [3.8, 4) is 0 Å². The fourth-order valence-electron chi connectivity index (χ4n) is 3.56. The molecule has 2 aromatic rings. The number of anilines is 1. The molecule has 0 spiro atoms. The number of nitrogen functional groups attached to an aromatic ring is 1. The number of carbonyl (C=O) groups excluding carboxylic acids is 1. The van der Waals surface area contributed by atoms with Crippen LogP contribution in [-0.2, 0) is 16.6 Å². The molecule has 1 saturated carbocycles. The molecule has 3 heteroatoms. The van der Waals surface area contributed by atoms with E-state index in [1.54, 1.807) is 0 Å². The van der Waals surface area contributed by atoms with Crippen LogP contribution in [0, 0.1) is 0 Å². The number of rotatable bonds is 5. The number of carbonyl (C=O) groups is 1. The first-order chi connectivity index (χ1) is 11.2. The van der Waals surface area contributed by atoms with Gasteiger partial charge in [0.15, 0.2) is 0 Å². The van der Waals surface area contributed by atoms with Gasteiger partial charge in [-0.2, -0.15) is 0 Å². The minimum absolute atomic E-state index is 0.0805. The molecule has 0 radical (unpaired) electrons. The molecule has 0 saturated heterocycles. The summed E-state index contributed by atoms with van der Waals surface area (Å²) in [5, 5.41) is 3.16. The van der Waals surface area contributed by atoms with Gasteiger partial charge < -0.3 is 11.1 Å². The predicted molar refractivity (Wildman–Crippen MR) is 94.2 cm³/mol. The molecule has 0 atom stereocenters. The summed E-state index contributed by atoms with van der Waals surface area (Å²) in [6.45, 7) is 0.727. The summed E-state index contributed by atoms with van der Waals surface area (Å²) in [4.78, 5) is 12.3. The molecule has 0 aromatic heterocycles. The Kier molecular flexibility index (Phi) is 4.65. The Labute approximate surface area is 137 Å². The zero-order valence-electron chi connectivity index (χ0n) is 13.4. The van der Waals surface area contributed by atoms with Crippen molar-refractivity contribution in [3.63, 3.8) is 0 Å². The van der Waals surface area contributed by atoms with Crippen LogP contribution in [0.25, 0.3) is 0 Å². The summed E-state index contributed by atoms with van der Waals surface area (Å²) in [5.41, 5.74) is 8.86. The Morgan fingerprint density at radius 2 is 1.65 bits per heavy atom. The maximum absolute atomic E-state index is 12.3. The van der Waals surface area contributed by atoms with Crippen molar-refractivity contribution in [3.05, 3.63) is 65.7 Å². The first kappa shape index (κ1) is 15.6. The van der Waals surface area contributed by atoms with Crippen LogP contribution in [0.1, 0.15) is 36.8 Å². The fraction of sp³-hybridized carbons (Fsp3) is 0.350. The average molecular weight is 308 g/mol. The van der Waals surface area contributed by atoms with Crippen molar-refractivity contribution in [1.82, 2.24) is 5.32 Å². The van der Waals surface area contributed by atoms with Gasteiger partial charge in [0, 0.05) is 17.6 Å². The van der Waals surface area contributed by atoms with E-state index in [0.717, 1.165) is 30.6 Å². The molecule has 1 amide bonds. The number of nitrogens with two attached hydrogens (primary N) is 1. The summed E-state index contributed by atoms with van der Waals surface area (Å²) in [6.07, 6.45) is 5.19. The van der Waals surface area contributed by atoms with Crippen molar-refractivity contribution < 1.29 is 4.79 Å². The molecule has 3 N–H and O–H groups in total. The van der Waals surface area contributed by atoms with Gasteiger partial charge in [0.1, 0.15) is 0 Å². The van der Waals surface area contributed by atoms with E-state index in [1.807, 2.05) is 30.3 Å². The van der Waals surface area contributed by atoms with E-state index in [0.29, 0.717) is 6.42 Å². The zero-order valence-corrected chi connectivity index (χ0v) is 13.4. The summed E-state index contributed by atoms with van der Waals surface area (Å²) in [5.74, 6) is 0.0805. The lowest BCUT2D eigenvalue weighted by atomic mass is 9.79.